The molecule has 36 heavy (non-hydrogen) atoms. The Morgan fingerprint density at radius 2 is 1.50 bits per heavy atom. The van der Waals surface area contributed by atoms with Gasteiger partial charge in [0.05, 0.1) is 22.0 Å². The van der Waals surface area contributed by atoms with E-state index in [1.54, 1.807) is 55.5 Å². The van der Waals surface area contributed by atoms with Gasteiger partial charge >= 0.3 is 0 Å². The molecule has 1 aliphatic heterocycles. The zero-order chi connectivity index (χ0) is 25.7. The highest BCUT2D eigenvalue weighted by Crippen LogP contribution is 2.27. The van der Waals surface area contributed by atoms with Gasteiger partial charge in [0, 0.05) is 18.7 Å². The SMILES string of the molecule is Cc1ccccc1NS(=O)(=O)c1cc(C(=O)Nc2ccccc2C(=O)N2CCCCCC2)ccc1Cl. The van der Waals surface area contributed by atoms with Gasteiger partial charge in [-0.3, -0.25) is 14.3 Å². The molecule has 1 heterocycles. The molecule has 188 valence electrons. The van der Waals surface area contributed by atoms with Gasteiger partial charge in [0.15, 0.2) is 0 Å². The van der Waals surface area contributed by atoms with E-state index in [1.807, 2.05) is 4.90 Å². The Kier molecular flexibility index (Phi) is 7.96. The largest absolute Gasteiger partial charge is 0.339 e. The van der Waals surface area contributed by atoms with Crippen molar-refractivity contribution in [2.45, 2.75) is 37.5 Å². The van der Waals surface area contributed by atoms with Gasteiger partial charge < -0.3 is 10.2 Å². The standard InChI is InChI=1S/C27H28ClN3O4S/c1-19-10-4-6-12-23(19)30-36(34,35)25-18-20(14-15-22(25)28)26(32)29-24-13-7-5-11-21(24)27(33)31-16-8-2-3-9-17-31/h4-7,10-15,18,30H,2-3,8-9,16-17H2,1H3,(H,29,32). The van der Waals surface area contributed by atoms with Crippen molar-refractivity contribution in [1.82, 2.24) is 4.90 Å². The summed E-state index contributed by atoms with van der Waals surface area (Å²) in [5.41, 5.74) is 2.03. The fraction of sp³-hybridized carbons (Fsp3) is 0.259. The summed E-state index contributed by atoms with van der Waals surface area (Å²) in [6, 6.07) is 17.9. The molecule has 4 rings (SSSR count). The molecule has 0 bridgehead atoms. The van der Waals surface area contributed by atoms with Crippen LogP contribution in [0.25, 0.3) is 0 Å². The molecule has 7 nitrogen and oxygen atoms in total. The normalized spacial score (nSPS) is 14.1. The summed E-state index contributed by atoms with van der Waals surface area (Å²) in [6.07, 6.45) is 4.11. The number of benzene rings is 3. The van der Waals surface area contributed by atoms with Crippen LogP contribution in [0.5, 0.6) is 0 Å². The predicted molar refractivity (Wildman–Crippen MR) is 142 cm³/mol. The lowest BCUT2D eigenvalue weighted by Crippen LogP contribution is -2.32. The number of aryl methyl sites for hydroxylation is 1. The summed E-state index contributed by atoms with van der Waals surface area (Å²) in [7, 11) is -4.06. The Hall–Kier alpha value is -3.36. The van der Waals surface area contributed by atoms with Crippen LogP contribution in [0.15, 0.2) is 71.6 Å². The van der Waals surface area contributed by atoms with E-state index in [4.69, 9.17) is 11.6 Å². The van der Waals surface area contributed by atoms with Gasteiger partial charge in [-0.2, -0.15) is 0 Å². The van der Waals surface area contributed by atoms with Crippen molar-refractivity contribution >= 4 is 44.8 Å². The molecule has 0 radical (unpaired) electrons. The Bertz CT molecular complexity index is 1380. The summed E-state index contributed by atoms with van der Waals surface area (Å²) in [5.74, 6) is -0.676. The molecule has 1 fully saturated rings. The number of rotatable bonds is 6. The lowest BCUT2D eigenvalue weighted by Gasteiger charge is -2.22. The monoisotopic (exact) mass is 525 g/mol. The molecule has 0 aliphatic carbocycles. The Labute approximate surface area is 216 Å². The molecule has 0 spiro atoms. The highest BCUT2D eigenvalue weighted by Gasteiger charge is 2.23. The minimum atomic E-state index is -4.06. The zero-order valence-electron chi connectivity index (χ0n) is 20.0. The van der Waals surface area contributed by atoms with E-state index >= 15 is 0 Å². The number of anilines is 2. The maximum atomic E-state index is 13.2. The molecule has 2 amide bonds. The number of amides is 2. The summed E-state index contributed by atoms with van der Waals surface area (Å²) < 4.78 is 28.7. The number of carbonyl (C=O) groups is 2. The van der Waals surface area contributed by atoms with Crippen LogP contribution in [-0.4, -0.2) is 38.2 Å². The molecule has 2 N–H and O–H groups in total. The van der Waals surface area contributed by atoms with Gasteiger partial charge in [-0.1, -0.05) is 54.8 Å². The summed E-state index contributed by atoms with van der Waals surface area (Å²) in [5, 5.41) is 2.76. The number of hydrogen-bond acceptors (Lipinski definition) is 4. The molecule has 0 saturated carbocycles. The van der Waals surface area contributed by atoms with E-state index in [2.05, 4.69) is 10.0 Å². The van der Waals surface area contributed by atoms with Crippen LogP contribution in [0.3, 0.4) is 0 Å². The van der Waals surface area contributed by atoms with Crippen LogP contribution < -0.4 is 10.0 Å². The average molecular weight is 526 g/mol. The first-order valence-electron chi connectivity index (χ1n) is 11.8. The molecule has 0 atom stereocenters. The third-order valence-electron chi connectivity index (χ3n) is 6.17. The topological polar surface area (TPSA) is 95.6 Å². The number of para-hydroxylation sites is 2. The highest BCUT2D eigenvalue weighted by molar-refractivity contribution is 7.92. The van der Waals surface area contributed by atoms with Crippen LogP contribution in [-0.2, 0) is 10.0 Å². The lowest BCUT2D eigenvalue weighted by molar-refractivity contribution is 0.0762. The first-order chi connectivity index (χ1) is 17.3. The van der Waals surface area contributed by atoms with Crippen molar-refractivity contribution < 1.29 is 18.0 Å². The van der Waals surface area contributed by atoms with Gasteiger partial charge in [0.2, 0.25) is 0 Å². The first kappa shape index (κ1) is 25.7. The van der Waals surface area contributed by atoms with Crippen molar-refractivity contribution in [1.29, 1.82) is 0 Å². The molecule has 0 aromatic heterocycles. The minimum absolute atomic E-state index is 0.00984. The van der Waals surface area contributed by atoms with E-state index in [0.29, 0.717) is 30.0 Å². The quantitative estimate of drug-likeness (QED) is 0.430. The summed E-state index contributed by atoms with van der Waals surface area (Å²) in [4.78, 5) is 27.9. The minimum Gasteiger partial charge on any atom is -0.339 e. The molecule has 9 heteroatoms. The Morgan fingerprint density at radius 3 is 2.19 bits per heavy atom. The third kappa shape index (κ3) is 5.88. The second kappa shape index (κ2) is 11.1. The van der Waals surface area contributed by atoms with Crippen molar-refractivity contribution in [3.05, 3.63) is 88.4 Å². The number of carbonyl (C=O) groups excluding carboxylic acids is 2. The first-order valence-corrected chi connectivity index (χ1v) is 13.7. The van der Waals surface area contributed by atoms with Gasteiger partial charge in [-0.15, -0.1) is 0 Å². The van der Waals surface area contributed by atoms with Crippen molar-refractivity contribution in [3.8, 4) is 0 Å². The number of hydrogen-bond donors (Lipinski definition) is 2. The van der Waals surface area contributed by atoms with Gasteiger partial charge in [-0.25, -0.2) is 8.42 Å². The van der Waals surface area contributed by atoms with Gasteiger partial charge in [-0.05, 0) is 61.7 Å². The Morgan fingerprint density at radius 1 is 0.861 bits per heavy atom. The maximum absolute atomic E-state index is 13.2. The summed E-state index contributed by atoms with van der Waals surface area (Å²) >= 11 is 6.22. The van der Waals surface area contributed by atoms with Gasteiger partial charge in [0.1, 0.15) is 4.90 Å². The van der Waals surface area contributed by atoms with Crippen LogP contribution in [0, 0.1) is 6.92 Å². The smallest absolute Gasteiger partial charge is 0.263 e. The molecule has 1 aliphatic rings. The predicted octanol–water partition coefficient (Wildman–Crippen LogP) is 5.72. The van der Waals surface area contributed by atoms with Crippen LogP contribution in [0.1, 0.15) is 52.0 Å². The molecular formula is C27H28ClN3O4S. The average Bonchev–Trinajstić information content (AvgIpc) is 3.15. The van der Waals surface area contributed by atoms with Gasteiger partial charge in [0.25, 0.3) is 21.8 Å². The molecule has 3 aromatic rings. The number of likely N-dealkylation sites (tertiary alicyclic amines) is 1. The number of nitrogens with one attached hydrogen (secondary N) is 2. The van der Waals surface area contributed by atoms with Crippen LogP contribution in [0.2, 0.25) is 5.02 Å². The van der Waals surface area contributed by atoms with Crippen molar-refractivity contribution in [2.24, 2.45) is 0 Å². The van der Waals surface area contributed by atoms with E-state index in [0.717, 1.165) is 31.2 Å². The fourth-order valence-corrected chi connectivity index (χ4v) is 5.81. The van der Waals surface area contributed by atoms with Crippen LogP contribution in [0.4, 0.5) is 11.4 Å². The molecule has 3 aromatic carbocycles. The fourth-order valence-electron chi connectivity index (χ4n) is 4.15. The second-order valence-corrected chi connectivity index (χ2v) is 10.8. The number of sulfonamides is 1. The lowest BCUT2D eigenvalue weighted by atomic mass is 10.1. The highest BCUT2D eigenvalue weighted by atomic mass is 35.5. The second-order valence-electron chi connectivity index (χ2n) is 8.77. The summed E-state index contributed by atoms with van der Waals surface area (Å²) in [6.45, 7) is 3.16. The van der Waals surface area contributed by atoms with E-state index < -0.39 is 15.9 Å². The van der Waals surface area contributed by atoms with E-state index in [9.17, 15) is 18.0 Å². The van der Waals surface area contributed by atoms with Crippen molar-refractivity contribution in [2.75, 3.05) is 23.1 Å². The van der Waals surface area contributed by atoms with E-state index in [-0.39, 0.29) is 21.4 Å². The zero-order valence-corrected chi connectivity index (χ0v) is 21.5. The number of halogens is 1. The Balaban J connectivity index is 1.58. The number of nitrogens with zero attached hydrogens (tertiary/aromatic N) is 1. The maximum Gasteiger partial charge on any atom is 0.263 e. The van der Waals surface area contributed by atoms with E-state index in [1.165, 1.54) is 18.2 Å². The third-order valence-corrected chi connectivity index (χ3v) is 8.02. The molecular weight excluding hydrogens is 498 g/mol. The molecule has 1 saturated heterocycles. The van der Waals surface area contributed by atoms with Crippen molar-refractivity contribution in [3.63, 3.8) is 0 Å². The molecule has 0 unspecified atom stereocenters. The van der Waals surface area contributed by atoms with Crippen LogP contribution >= 0.6 is 11.6 Å².